The second-order valence-corrected chi connectivity index (χ2v) is 11.1. The fourth-order valence-corrected chi connectivity index (χ4v) is 4.79. The number of hydrogen-bond acceptors (Lipinski definition) is 3. The molecule has 0 spiro atoms. The summed E-state index contributed by atoms with van der Waals surface area (Å²) in [5, 5.41) is 0. The highest BCUT2D eigenvalue weighted by Gasteiger charge is 2.18. The molecule has 1 fully saturated rings. The number of hydrogen-bond donors (Lipinski definition) is 0. The molecule has 0 N–H and O–H groups in total. The average molecular weight is 266 g/mol. The first-order chi connectivity index (χ1) is 7.14. The minimum absolute atomic E-state index is 1.03. The topological polar surface area (TPSA) is 3.24 Å². The Morgan fingerprint density at radius 2 is 1.73 bits per heavy atom. The van der Waals surface area contributed by atoms with Crippen LogP contribution in [-0.2, 0) is 29.5 Å². The van der Waals surface area contributed by atoms with Gasteiger partial charge in [-0.3, -0.25) is 4.90 Å². The molecule has 0 radical (unpaired) electrons. The predicted molar refractivity (Wildman–Crippen MR) is 76.8 cm³/mol. The van der Waals surface area contributed by atoms with Crippen molar-refractivity contribution in [2.45, 2.75) is 45.4 Å². The van der Waals surface area contributed by atoms with E-state index in [1.807, 2.05) is 0 Å². The van der Waals surface area contributed by atoms with Gasteiger partial charge in [-0.15, -0.1) is 0 Å². The normalized spacial score (nSPS) is 20.9. The van der Waals surface area contributed by atoms with Crippen molar-refractivity contribution in [2.24, 2.45) is 0 Å². The van der Waals surface area contributed by atoms with Crippen molar-refractivity contribution in [1.29, 1.82) is 0 Å². The van der Waals surface area contributed by atoms with Gasteiger partial charge in [-0.25, -0.2) is 0 Å². The first kappa shape index (κ1) is 13.8. The van der Waals surface area contributed by atoms with Gasteiger partial charge in [-0.2, -0.15) is 0 Å². The fraction of sp³-hybridized carbons (Fsp3) is 1.00. The van der Waals surface area contributed by atoms with Gasteiger partial charge in [0.05, 0.1) is 5.88 Å². The minimum Gasteiger partial charge on any atom is -0.293 e. The predicted octanol–water partition coefficient (Wildman–Crippen LogP) is 2.70. The van der Waals surface area contributed by atoms with E-state index < -0.39 is 7.15 Å². The Balaban J connectivity index is 1.97. The number of unbranched alkanes of at least 4 members (excludes halogenated alkanes) is 5. The number of nitrogens with zero attached hydrogens (tertiary/aromatic N) is 1. The molecular weight excluding hydrogens is 242 g/mol. The lowest BCUT2D eigenvalue weighted by Gasteiger charge is -2.13. The van der Waals surface area contributed by atoms with Crippen LogP contribution in [0.3, 0.4) is 0 Å². The molecule has 4 heteroatoms. The summed E-state index contributed by atoms with van der Waals surface area (Å²) in [6, 6.07) is 0. The molecule has 1 rings (SSSR count). The van der Waals surface area contributed by atoms with Crippen LogP contribution in [0.1, 0.15) is 45.4 Å². The maximum Gasteiger partial charge on any atom is 0.0532 e. The minimum atomic E-state index is -1.05. The van der Waals surface area contributed by atoms with Gasteiger partial charge in [-0.05, 0) is 35.3 Å². The summed E-state index contributed by atoms with van der Waals surface area (Å²) in [7, 11) is -1.05. The zero-order valence-corrected chi connectivity index (χ0v) is 12.2. The molecule has 0 atom stereocenters. The van der Waals surface area contributed by atoms with Crippen LogP contribution in [0.25, 0.3) is 0 Å². The van der Waals surface area contributed by atoms with E-state index >= 15 is 0 Å². The van der Waals surface area contributed by atoms with Crippen LogP contribution < -0.4 is 0 Å². The monoisotopic (exact) mass is 265 g/mol. The van der Waals surface area contributed by atoms with Gasteiger partial charge < -0.3 is 0 Å². The van der Waals surface area contributed by atoms with E-state index in [2.05, 4.69) is 11.8 Å². The van der Waals surface area contributed by atoms with Crippen molar-refractivity contribution in [2.75, 3.05) is 24.7 Å². The van der Waals surface area contributed by atoms with Crippen LogP contribution in [0.15, 0.2) is 0 Å². The van der Waals surface area contributed by atoms with Gasteiger partial charge in [0.2, 0.25) is 0 Å². The summed E-state index contributed by atoms with van der Waals surface area (Å²) in [6.07, 6.45) is 8.27. The largest absolute Gasteiger partial charge is 0.293 e. The van der Waals surface area contributed by atoms with Gasteiger partial charge in [0.15, 0.2) is 0 Å². The van der Waals surface area contributed by atoms with Crippen molar-refractivity contribution in [3.63, 3.8) is 0 Å². The Morgan fingerprint density at radius 1 is 1.07 bits per heavy atom. The van der Waals surface area contributed by atoms with Gasteiger partial charge >= 0.3 is 0 Å². The molecule has 1 aliphatic rings. The first-order valence-corrected chi connectivity index (χ1v) is 9.89. The third-order valence-corrected chi connectivity index (χ3v) is 6.12. The summed E-state index contributed by atoms with van der Waals surface area (Å²) in [6.45, 7) is 4.66. The summed E-state index contributed by atoms with van der Waals surface area (Å²) in [4.78, 5) is 2.48. The SMILES string of the molecule is CCCCCCCCN1CCS(=S)(=S)C1. The Kier molecular flexibility index (Phi) is 6.58. The molecule has 1 heterocycles. The van der Waals surface area contributed by atoms with Crippen LogP contribution in [0, 0.1) is 0 Å². The van der Waals surface area contributed by atoms with E-state index in [4.69, 9.17) is 22.4 Å². The molecule has 15 heavy (non-hydrogen) atoms. The van der Waals surface area contributed by atoms with E-state index in [1.54, 1.807) is 0 Å². The standard InChI is InChI=1S/C11H23NS3/c1-2-3-4-5-6-7-8-12-9-10-15(13,14)11-12/h2-11H2,1H3. The molecule has 0 aromatic heterocycles. The maximum atomic E-state index is 5.38. The third kappa shape index (κ3) is 6.15. The molecule has 1 saturated heterocycles. The summed E-state index contributed by atoms with van der Waals surface area (Å²) in [5.74, 6) is 2.14. The fourth-order valence-electron chi connectivity index (χ4n) is 1.97. The highest BCUT2D eigenvalue weighted by Crippen LogP contribution is 2.11. The lowest BCUT2D eigenvalue weighted by atomic mass is 10.1. The highest BCUT2D eigenvalue weighted by molar-refractivity contribution is 8.56. The Labute approximate surface area is 104 Å². The third-order valence-electron chi connectivity index (χ3n) is 2.93. The van der Waals surface area contributed by atoms with Crippen LogP contribution >= 0.6 is 0 Å². The molecule has 1 nitrogen and oxygen atoms in total. The van der Waals surface area contributed by atoms with E-state index in [1.165, 1.54) is 45.1 Å². The van der Waals surface area contributed by atoms with Crippen LogP contribution in [0.4, 0.5) is 0 Å². The molecule has 0 bridgehead atoms. The zero-order valence-electron chi connectivity index (χ0n) is 9.74. The van der Waals surface area contributed by atoms with E-state index in [0.717, 1.165) is 18.2 Å². The van der Waals surface area contributed by atoms with E-state index in [-0.39, 0.29) is 0 Å². The van der Waals surface area contributed by atoms with Crippen molar-refractivity contribution >= 4 is 29.5 Å². The molecular formula is C11H23NS3. The lowest BCUT2D eigenvalue weighted by molar-refractivity contribution is 0.343. The quantitative estimate of drug-likeness (QED) is 0.652. The van der Waals surface area contributed by atoms with Crippen molar-refractivity contribution in [1.82, 2.24) is 4.90 Å². The van der Waals surface area contributed by atoms with Gasteiger partial charge in [-0.1, -0.05) is 46.2 Å². The molecule has 0 aliphatic carbocycles. The molecule has 0 saturated carbocycles. The first-order valence-electron chi connectivity index (χ1n) is 6.07. The number of rotatable bonds is 7. The van der Waals surface area contributed by atoms with Crippen LogP contribution in [0.2, 0.25) is 0 Å². The Morgan fingerprint density at radius 3 is 2.33 bits per heavy atom. The summed E-state index contributed by atoms with van der Waals surface area (Å²) < 4.78 is 0. The molecule has 0 aromatic rings. The second kappa shape index (κ2) is 7.15. The van der Waals surface area contributed by atoms with Crippen molar-refractivity contribution in [3.05, 3.63) is 0 Å². The van der Waals surface area contributed by atoms with Crippen LogP contribution in [-0.4, -0.2) is 29.6 Å². The average Bonchev–Trinajstić information content (AvgIpc) is 2.52. The molecule has 1 aliphatic heterocycles. The Bertz CT molecular complexity index is 259. The van der Waals surface area contributed by atoms with Crippen molar-refractivity contribution < 1.29 is 0 Å². The molecule has 0 unspecified atom stereocenters. The smallest absolute Gasteiger partial charge is 0.0532 e. The lowest BCUT2D eigenvalue weighted by Crippen LogP contribution is -2.21. The van der Waals surface area contributed by atoms with Gasteiger partial charge in [0.1, 0.15) is 0 Å². The van der Waals surface area contributed by atoms with Gasteiger partial charge in [0.25, 0.3) is 0 Å². The summed E-state index contributed by atoms with van der Waals surface area (Å²) in [5.41, 5.74) is 0. The van der Waals surface area contributed by atoms with E-state index in [9.17, 15) is 0 Å². The van der Waals surface area contributed by atoms with E-state index in [0.29, 0.717) is 0 Å². The zero-order chi connectivity index (χ0) is 11.1. The maximum absolute atomic E-state index is 5.38. The van der Waals surface area contributed by atoms with Gasteiger partial charge in [0, 0.05) is 12.3 Å². The van der Waals surface area contributed by atoms with Crippen LogP contribution in [0.5, 0.6) is 0 Å². The molecule has 0 amide bonds. The summed E-state index contributed by atoms with van der Waals surface area (Å²) >= 11 is 10.8. The molecule has 90 valence electrons. The Hall–Kier alpha value is 0.750. The second-order valence-electron chi connectivity index (χ2n) is 4.46. The molecule has 0 aromatic carbocycles. The van der Waals surface area contributed by atoms with Crippen molar-refractivity contribution in [3.8, 4) is 0 Å². The highest BCUT2D eigenvalue weighted by atomic mass is 33.1.